The van der Waals surface area contributed by atoms with Gasteiger partial charge in [0.15, 0.2) is 0 Å². The molecule has 0 N–H and O–H groups in total. The molecule has 342 valence electrons. The molecule has 3 nitrogen and oxygen atoms in total. The second kappa shape index (κ2) is 13.5. The lowest BCUT2D eigenvalue weighted by molar-refractivity contribution is 0.332. The zero-order valence-corrected chi connectivity index (χ0v) is 43.9. The lowest BCUT2D eigenvalue weighted by atomic mass is 9.35. The van der Waals surface area contributed by atoms with E-state index in [0.717, 1.165) is 17.7 Å². The van der Waals surface area contributed by atoms with Gasteiger partial charge >= 0.3 is 0 Å². The summed E-state index contributed by atoms with van der Waals surface area (Å²) in [6, 6.07) is 39.1. The molecule has 0 amide bonds. The summed E-state index contributed by atoms with van der Waals surface area (Å²) in [5.74, 6) is 0. The molecule has 3 aliphatic heterocycles. The molecule has 1 aromatic heterocycles. The number of anilines is 6. The highest BCUT2D eigenvalue weighted by atomic mass is 28.2. The second-order valence-electron chi connectivity index (χ2n) is 25.9. The maximum absolute atomic E-state index is 7.73. The van der Waals surface area contributed by atoms with Crippen molar-refractivity contribution in [2.24, 2.45) is 0 Å². The summed E-state index contributed by atoms with van der Waals surface area (Å²) in [6.07, 6.45) is 7.05. The minimum absolute atomic E-state index is 0.0384. The Morgan fingerprint density at radius 2 is 1.03 bits per heavy atom. The molecule has 0 spiro atoms. The first-order chi connectivity index (χ1) is 32.1. The summed E-state index contributed by atoms with van der Waals surface area (Å²) in [4.78, 5) is 5.37. The molecule has 13 rings (SSSR count). The molecular formula is C63H67BN2OSi. The first-order valence-electron chi connectivity index (χ1n) is 25.8. The number of fused-ring (bicyclic) bond motifs is 12. The van der Waals surface area contributed by atoms with Crippen molar-refractivity contribution < 1.29 is 4.42 Å². The largest absolute Gasteiger partial charge is 0.468 e. The van der Waals surface area contributed by atoms with Crippen LogP contribution in [0.1, 0.15) is 161 Å². The molecule has 5 heteroatoms. The van der Waals surface area contributed by atoms with Crippen LogP contribution in [-0.2, 0) is 32.5 Å². The zero-order valence-electron chi connectivity index (χ0n) is 42.9. The van der Waals surface area contributed by atoms with Gasteiger partial charge < -0.3 is 14.2 Å². The average Bonchev–Trinajstić information content (AvgIpc) is 3.86. The van der Waals surface area contributed by atoms with Gasteiger partial charge in [0, 0.05) is 33.8 Å². The van der Waals surface area contributed by atoms with Crippen molar-refractivity contribution in [1.82, 2.24) is 0 Å². The number of nitrogens with zero attached hydrogens (tertiary/aromatic N) is 2. The minimum atomic E-state index is -0.0981. The summed E-state index contributed by atoms with van der Waals surface area (Å²) in [5, 5.41) is 4.09. The Kier molecular flexibility index (Phi) is 8.52. The van der Waals surface area contributed by atoms with E-state index < -0.39 is 0 Å². The molecule has 68 heavy (non-hydrogen) atoms. The number of aryl methyl sites for hydroxylation is 1. The Morgan fingerprint density at radius 3 is 1.69 bits per heavy atom. The van der Waals surface area contributed by atoms with E-state index in [-0.39, 0.29) is 39.2 Å². The van der Waals surface area contributed by atoms with Crippen molar-refractivity contribution in [1.29, 1.82) is 0 Å². The summed E-state index contributed by atoms with van der Waals surface area (Å²) < 4.78 is 7.73. The molecule has 4 heterocycles. The molecule has 0 fully saturated rings. The molecule has 0 saturated carbocycles. The van der Waals surface area contributed by atoms with Crippen LogP contribution in [0.4, 0.5) is 34.1 Å². The molecule has 0 unspecified atom stereocenters. The van der Waals surface area contributed by atoms with Gasteiger partial charge in [-0.15, -0.1) is 0 Å². The van der Waals surface area contributed by atoms with Crippen LogP contribution in [0.15, 0.2) is 101 Å². The van der Waals surface area contributed by atoms with E-state index in [2.05, 4.69) is 197 Å². The van der Waals surface area contributed by atoms with Crippen LogP contribution in [0.25, 0.3) is 22.1 Å². The highest BCUT2D eigenvalue weighted by molar-refractivity contribution is 7.00. The SMILES string of the molecule is Cc1cc2c3c(c1)N(c1cccc4c1[Si]c1ccccc1-4)c1c(oc4cc5c(cc14)C(C)(C)CCC5(C)C)B3c1cc3c(cc1N2c1ccc2c(c1)C(C)(C)CCC2(C)C)C(C)(C)CCC3(C)C. The third-order valence-corrected chi connectivity index (χ3v) is 20.1. The maximum Gasteiger partial charge on any atom is 0.297 e. The van der Waals surface area contributed by atoms with Crippen LogP contribution in [0.5, 0.6) is 0 Å². The van der Waals surface area contributed by atoms with Gasteiger partial charge in [0.1, 0.15) is 15.1 Å². The van der Waals surface area contributed by atoms with E-state index in [1.165, 1.54) is 143 Å². The van der Waals surface area contributed by atoms with Crippen molar-refractivity contribution in [2.45, 2.75) is 161 Å². The lowest BCUT2D eigenvalue weighted by Crippen LogP contribution is -2.61. The van der Waals surface area contributed by atoms with Crippen LogP contribution in [-0.4, -0.2) is 16.2 Å². The number of furan rings is 1. The van der Waals surface area contributed by atoms with E-state index in [0.29, 0.717) is 9.52 Å². The smallest absolute Gasteiger partial charge is 0.297 e. The highest BCUT2D eigenvalue weighted by Crippen LogP contribution is 2.55. The number of benzene rings is 6. The monoisotopic (exact) mass is 907 g/mol. The van der Waals surface area contributed by atoms with Gasteiger partial charge in [-0.3, -0.25) is 0 Å². The molecule has 6 aliphatic rings. The Hall–Kier alpha value is -5.26. The van der Waals surface area contributed by atoms with Gasteiger partial charge in [0.05, 0.1) is 11.3 Å². The second-order valence-corrected chi connectivity index (χ2v) is 27.2. The van der Waals surface area contributed by atoms with Crippen LogP contribution in [0.3, 0.4) is 0 Å². The van der Waals surface area contributed by atoms with E-state index in [1.807, 2.05) is 0 Å². The summed E-state index contributed by atoms with van der Waals surface area (Å²) >= 11 is 0. The van der Waals surface area contributed by atoms with E-state index in [9.17, 15) is 0 Å². The molecular weight excluding hydrogens is 840 g/mol. The van der Waals surface area contributed by atoms with Gasteiger partial charge in [-0.2, -0.15) is 0 Å². The fraction of sp³-hybridized carbons (Fsp3) is 0.397. The summed E-state index contributed by atoms with van der Waals surface area (Å²) in [6.45, 7) is 31.8. The van der Waals surface area contributed by atoms with Gasteiger partial charge in [-0.1, -0.05) is 137 Å². The van der Waals surface area contributed by atoms with E-state index in [1.54, 1.807) is 0 Å². The van der Waals surface area contributed by atoms with E-state index in [4.69, 9.17) is 4.42 Å². The Labute approximate surface area is 408 Å². The van der Waals surface area contributed by atoms with Crippen molar-refractivity contribution in [2.75, 3.05) is 9.80 Å². The van der Waals surface area contributed by atoms with Crippen LogP contribution < -0.4 is 36.8 Å². The zero-order chi connectivity index (χ0) is 47.4. The normalized spacial score (nSPS) is 20.9. The quantitative estimate of drug-likeness (QED) is 0.161. The minimum Gasteiger partial charge on any atom is -0.468 e. The van der Waals surface area contributed by atoms with Crippen LogP contribution in [0.2, 0.25) is 0 Å². The maximum atomic E-state index is 7.73. The number of hydrogen-bond donors (Lipinski definition) is 0. The number of rotatable bonds is 2. The molecule has 2 radical (unpaired) electrons. The fourth-order valence-corrected chi connectivity index (χ4v) is 15.5. The van der Waals surface area contributed by atoms with Gasteiger partial charge in [0.2, 0.25) is 0 Å². The molecule has 7 aromatic rings. The third-order valence-electron chi connectivity index (χ3n) is 18.6. The summed E-state index contributed by atoms with van der Waals surface area (Å²) in [5.41, 5.74) is 25.7. The topological polar surface area (TPSA) is 19.6 Å². The Balaban J connectivity index is 1.16. The Morgan fingerprint density at radius 1 is 0.485 bits per heavy atom. The van der Waals surface area contributed by atoms with Crippen LogP contribution in [0, 0.1) is 6.92 Å². The number of hydrogen-bond acceptors (Lipinski definition) is 3. The molecule has 0 atom stereocenters. The molecule has 3 aliphatic carbocycles. The third kappa shape index (κ3) is 5.78. The van der Waals surface area contributed by atoms with Gasteiger partial charge in [0.25, 0.3) is 6.71 Å². The Bertz CT molecular complexity index is 3380. The first-order valence-corrected chi connectivity index (χ1v) is 26.8. The average molecular weight is 907 g/mol. The van der Waals surface area contributed by atoms with Crippen molar-refractivity contribution in [3.63, 3.8) is 0 Å². The predicted octanol–water partition coefficient (Wildman–Crippen LogP) is 13.5. The molecule has 0 saturated heterocycles. The van der Waals surface area contributed by atoms with Crippen molar-refractivity contribution in [3.05, 3.63) is 136 Å². The van der Waals surface area contributed by atoms with E-state index >= 15 is 0 Å². The standard InChI is InChI=1S/C63H67BN2OSi/c1-36-29-50-54-51(30-36)66(48-19-16-18-39-38-17-14-15-20-53(38)68-56(39)48)55-40-32-43-46(63(12,13)28-25-60(43,6)7)35-52(40)67-57(55)64(54)47-33-44-45(62(10,11)27-26-61(44,8)9)34-49(47)65(50)37-21-22-41-42(31-37)59(4,5)24-23-58(41,2)3/h14-22,29-35H,23-28H2,1-13H3. The highest BCUT2D eigenvalue weighted by Gasteiger charge is 2.50. The summed E-state index contributed by atoms with van der Waals surface area (Å²) in [7, 11) is 0.569. The first kappa shape index (κ1) is 42.8. The van der Waals surface area contributed by atoms with Gasteiger partial charge in [-0.05, 0) is 193 Å². The predicted molar refractivity (Wildman–Crippen MR) is 291 cm³/mol. The van der Waals surface area contributed by atoms with Crippen molar-refractivity contribution in [3.8, 4) is 11.1 Å². The molecule has 6 aromatic carbocycles. The van der Waals surface area contributed by atoms with Crippen molar-refractivity contribution >= 4 is 88.3 Å². The lowest BCUT2D eigenvalue weighted by Gasteiger charge is -2.47. The molecule has 0 bridgehead atoms. The van der Waals surface area contributed by atoms with Crippen LogP contribution >= 0.6 is 0 Å². The fourth-order valence-electron chi connectivity index (χ4n) is 14.0. The van der Waals surface area contributed by atoms with Gasteiger partial charge in [-0.25, -0.2) is 0 Å².